The second kappa shape index (κ2) is 6.91. The lowest BCUT2D eigenvalue weighted by molar-refractivity contribution is -0.136. The third-order valence-electron chi connectivity index (χ3n) is 3.41. The first-order chi connectivity index (χ1) is 9.97. The molecule has 116 valence electrons. The molecular weight excluding hydrogens is 294 g/mol. The summed E-state index contributed by atoms with van der Waals surface area (Å²) in [6.07, 6.45) is 0.865. The Morgan fingerprint density at radius 3 is 2.43 bits per heavy atom. The fourth-order valence-electron chi connectivity index (χ4n) is 2.27. The normalized spacial score (nSPS) is 17.5. The van der Waals surface area contributed by atoms with Gasteiger partial charge in [-0.1, -0.05) is 18.2 Å². The Hall–Kier alpha value is -1.60. The van der Waals surface area contributed by atoms with Crippen LogP contribution in [0.1, 0.15) is 19.3 Å². The van der Waals surface area contributed by atoms with E-state index in [9.17, 15) is 13.2 Å². The predicted molar refractivity (Wildman–Crippen MR) is 77.7 cm³/mol. The number of carboxylic acid groups (broad SMARTS) is 1. The first-order valence-electron chi connectivity index (χ1n) is 6.89. The molecule has 0 amide bonds. The van der Waals surface area contributed by atoms with Crippen molar-refractivity contribution in [2.75, 3.05) is 18.8 Å². The quantitative estimate of drug-likeness (QED) is 0.856. The van der Waals surface area contributed by atoms with Gasteiger partial charge in [-0.2, -0.15) is 0 Å². The van der Waals surface area contributed by atoms with E-state index in [0.29, 0.717) is 25.9 Å². The molecule has 1 heterocycles. The molecule has 21 heavy (non-hydrogen) atoms. The molecule has 1 saturated heterocycles. The lowest BCUT2D eigenvalue weighted by Gasteiger charge is -2.31. The Kier molecular flexibility index (Phi) is 5.19. The van der Waals surface area contributed by atoms with Crippen LogP contribution in [0, 0.1) is 0 Å². The summed E-state index contributed by atoms with van der Waals surface area (Å²) in [7, 11) is -3.48. The van der Waals surface area contributed by atoms with Crippen LogP contribution in [-0.4, -0.2) is 48.7 Å². The average molecular weight is 313 g/mol. The van der Waals surface area contributed by atoms with Gasteiger partial charge in [-0.3, -0.25) is 4.79 Å². The molecule has 2 rings (SSSR count). The van der Waals surface area contributed by atoms with Crippen LogP contribution in [0.25, 0.3) is 0 Å². The molecule has 1 fully saturated rings. The lowest BCUT2D eigenvalue weighted by Crippen LogP contribution is -2.42. The van der Waals surface area contributed by atoms with Crippen LogP contribution in [0.4, 0.5) is 0 Å². The summed E-state index contributed by atoms with van der Waals surface area (Å²) in [5, 5.41) is 8.58. The smallest absolute Gasteiger partial charge is 0.304 e. The minimum atomic E-state index is -3.48. The van der Waals surface area contributed by atoms with Crippen molar-refractivity contribution in [1.82, 2.24) is 4.31 Å². The maximum absolute atomic E-state index is 12.0. The number of para-hydroxylation sites is 1. The summed E-state index contributed by atoms with van der Waals surface area (Å²) >= 11 is 0. The van der Waals surface area contributed by atoms with E-state index in [1.807, 2.05) is 30.3 Å². The molecule has 0 spiro atoms. The highest BCUT2D eigenvalue weighted by atomic mass is 32.2. The molecule has 1 aliphatic rings. The largest absolute Gasteiger partial charge is 0.490 e. The van der Waals surface area contributed by atoms with Crippen molar-refractivity contribution in [3.8, 4) is 5.75 Å². The number of piperidine rings is 1. The zero-order valence-electron chi connectivity index (χ0n) is 11.6. The van der Waals surface area contributed by atoms with E-state index >= 15 is 0 Å². The zero-order valence-corrected chi connectivity index (χ0v) is 12.5. The van der Waals surface area contributed by atoms with E-state index in [1.54, 1.807) is 0 Å². The number of aliphatic carboxylic acids is 1. The number of rotatable bonds is 6. The van der Waals surface area contributed by atoms with Gasteiger partial charge in [0.05, 0.1) is 12.2 Å². The highest BCUT2D eigenvalue weighted by molar-refractivity contribution is 7.89. The lowest BCUT2D eigenvalue weighted by atomic mass is 10.1. The standard InChI is InChI=1S/C14H19NO5S/c16-14(17)8-11-21(18,19)15-9-6-13(7-10-15)20-12-4-2-1-3-5-12/h1-5,13H,6-11H2,(H,16,17). The molecule has 6 nitrogen and oxygen atoms in total. The number of carbonyl (C=O) groups is 1. The van der Waals surface area contributed by atoms with Gasteiger partial charge in [0.2, 0.25) is 10.0 Å². The molecule has 0 unspecified atom stereocenters. The van der Waals surface area contributed by atoms with Gasteiger partial charge in [0.1, 0.15) is 11.9 Å². The molecule has 1 aliphatic heterocycles. The second-order valence-corrected chi connectivity index (χ2v) is 7.08. The molecule has 1 aromatic carbocycles. The highest BCUT2D eigenvalue weighted by Crippen LogP contribution is 2.20. The van der Waals surface area contributed by atoms with Crippen LogP contribution >= 0.6 is 0 Å². The summed E-state index contributed by atoms with van der Waals surface area (Å²) in [6.45, 7) is 0.749. The van der Waals surface area contributed by atoms with Gasteiger partial charge in [0.15, 0.2) is 0 Å². The molecule has 0 aliphatic carbocycles. The van der Waals surface area contributed by atoms with E-state index in [0.717, 1.165) is 5.75 Å². The van der Waals surface area contributed by atoms with E-state index < -0.39 is 16.0 Å². The van der Waals surface area contributed by atoms with Crippen LogP contribution in [0.2, 0.25) is 0 Å². The number of carboxylic acids is 1. The van der Waals surface area contributed by atoms with Crippen molar-refractivity contribution in [2.45, 2.75) is 25.4 Å². The molecule has 1 aromatic rings. The predicted octanol–water partition coefficient (Wildman–Crippen LogP) is 1.33. The number of hydrogen-bond donors (Lipinski definition) is 1. The molecule has 1 N–H and O–H groups in total. The average Bonchev–Trinajstić information content (AvgIpc) is 2.47. The zero-order chi connectivity index (χ0) is 15.3. The van der Waals surface area contributed by atoms with E-state index in [4.69, 9.17) is 9.84 Å². The number of sulfonamides is 1. The molecule has 0 aromatic heterocycles. The maximum atomic E-state index is 12.0. The van der Waals surface area contributed by atoms with Gasteiger partial charge >= 0.3 is 5.97 Å². The number of ether oxygens (including phenoxy) is 1. The summed E-state index contributed by atoms with van der Waals surface area (Å²) in [4.78, 5) is 10.5. The van der Waals surface area contributed by atoms with Gasteiger partial charge < -0.3 is 9.84 Å². The van der Waals surface area contributed by atoms with Crippen molar-refractivity contribution in [3.63, 3.8) is 0 Å². The van der Waals surface area contributed by atoms with Crippen molar-refractivity contribution in [2.24, 2.45) is 0 Å². The van der Waals surface area contributed by atoms with Crippen LogP contribution in [-0.2, 0) is 14.8 Å². The fourth-order valence-corrected chi connectivity index (χ4v) is 3.72. The third-order valence-corrected chi connectivity index (χ3v) is 5.29. The van der Waals surface area contributed by atoms with Crippen LogP contribution in [0.15, 0.2) is 30.3 Å². The van der Waals surface area contributed by atoms with E-state index in [2.05, 4.69) is 0 Å². The van der Waals surface area contributed by atoms with Gasteiger partial charge in [-0.15, -0.1) is 0 Å². The topological polar surface area (TPSA) is 83.9 Å². The van der Waals surface area contributed by atoms with Crippen LogP contribution < -0.4 is 4.74 Å². The summed E-state index contributed by atoms with van der Waals surface area (Å²) in [5.41, 5.74) is 0. The second-order valence-electron chi connectivity index (χ2n) is 4.99. The molecule has 0 atom stereocenters. The van der Waals surface area contributed by atoms with Gasteiger partial charge in [-0.25, -0.2) is 12.7 Å². The van der Waals surface area contributed by atoms with E-state index in [-0.39, 0.29) is 18.3 Å². The molecule has 0 saturated carbocycles. The Morgan fingerprint density at radius 2 is 1.86 bits per heavy atom. The summed E-state index contributed by atoms with van der Waals surface area (Å²) in [5.74, 6) is -0.655. The molecule has 0 bridgehead atoms. The molecule has 7 heteroatoms. The first-order valence-corrected chi connectivity index (χ1v) is 8.49. The van der Waals surface area contributed by atoms with Gasteiger partial charge in [0, 0.05) is 13.1 Å². The Bertz CT molecular complexity index is 564. The van der Waals surface area contributed by atoms with Gasteiger partial charge in [0.25, 0.3) is 0 Å². The van der Waals surface area contributed by atoms with Crippen molar-refractivity contribution in [1.29, 1.82) is 0 Å². The first kappa shape index (κ1) is 15.8. The number of benzene rings is 1. The summed E-state index contributed by atoms with van der Waals surface area (Å²) < 4.78 is 31.1. The monoisotopic (exact) mass is 313 g/mol. The van der Waals surface area contributed by atoms with Crippen molar-refractivity contribution < 1.29 is 23.1 Å². The van der Waals surface area contributed by atoms with Crippen molar-refractivity contribution >= 4 is 16.0 Å². The fraction of sp³-hybridized carbons (Fsp3) is 0.500. The van der Waals surface area contributed by atoms with Crippen LogP contribution in [0.3, 0.4) is 0 Å². The maximum Gasteiger partial charge on any atom is 0.304 e. The van der Waals surface area contributed by atoms with E-state index in [1.165, 1.54) is 4.31 Å². The molecular formula is C14H19NO5S. The number of nitrogens with zero attached hydrogens (tertiary/aromatic N) is 1. The Balaban J connectivity index is 1.84. The SMILES string of the molecule is O=C(O)CCS(=O)(=O)N1CCC(Oc2ccccc2)CC1. The summed E-state index contributed by atoms with van der Waals surface area (Å²) in [6, 6.07) is 9.43. The Morgan fingerprint density at radius 1 is 1.24 bits per heavy atom. The van der Waals surface area contributed by atoms with Crippen LogP contribution in [0.5, 0.6) is 5.75 Å². The van der Waals surface area contributed by atoms with Crippen molar-refractivity contribution in [3.05, 3.63) is 30.3 Å². The van der Waals surface area contributed by atoms with Gasteiger partial charge in [-0.05, 0) is 25.0 Å². The Labute approximate surface area is 124 Å². The third kappa shape index (κ3) is 4.71. The highest BCUT2D eigenvalue weighted by Gasteiger charge is 2.29. The minimum absolute atomic E-state index is 0.00155. The number of hydrogen-bond acceptors (Lipinski definition) is 4. The molecule has 0 radical (unpaired) electrons. The minimum Gasteiger partial charge on any atom is -0.490 e.